The fourth-order valence-corrected chi connectivity index (χ4v) is 3.88. The van der Waals surface area contributed by atoms with Crippen LogP contribution in [0.5, 0.6) is 0 Å². The van der Waals surface area contributed by atoms with Crippen molar-refractivity contribution in [2.45, 2.75) is 20.8 Å². The second-order valence-electron chi connectivity index (χ2n) is 4.99. The monoisotopic (exact) mass is 296 g/mol. The van der Waals surface area contributed by atoms with Crippen LogP contribution in [0.3, 0.4) is 0 Å². The molecule has 5 heteroatoms. The first-order chi connectivity index (χ1) is 9.34. The van der Waals surface area contributed by atoms with Gasteiger partial charge >= 0.3 is 18.9 Å². The van der Waals surface area contributed by atoms with E-state index >= 15 is 0 Å². The zero-order chi connectivity index (χ0) is 14.9. The molecule has 0 heterocycles. The summed E-state index contributed by atoms with van der Waals surface area (Å²) in [5.41, 5.74) is 2.16. The van der Waals surface area contributed by atoms with Crippen LogP contribution >= 0.6 is 7.37 Å². The minimum atomic E-state index is -4.07. The van der Waals surface area contributed by atoms with Crippen molar-refractivity contribution in [1.29, 1.82) is 0 Å². The molecule has 106 valence electrons. The van der Waals surface area contributed by atoms with Gasteiger partial charge in [-0.15, -0.1) is 0 Å². The van der Waals surface area contributed by atoms with Gasteiger partial charge in [-0.2, -0.15) is 0 Å². The van der Waals surface area contributed by atoms with E-state index in [9.17, 15) is 14.3 Å². The molecule has 2 aromatic rings. The van der Waals surface area contributed by atoms with E-state index in [1.165, 1.54) is 12.1 Å². The van der Waals surface area contributed by atoms with E-state index in [1.807, 2.05) is 19.1 Å². The van der Waals surface area contributed by atoms with Gasteiger partial charge in [0.15, 0.2) is 0 Å². The summed E-state index contributed by atoms with van der Waals surface area (Å²) >= 11 is 0. The van der Waals surface area contributed by atoms with Crippen molar-refractivity contribution in [3.05, 3.63) is 64.7 Å². The predicted molar refractivity (Wildman–Crippen MR) is 82.0 cm³/mol. The fourth-order valence-electron chi connectivity index (χ4n) is 2.42. The van der Waals surface area contributed by atoms with Gasteiger partial charge in [0.05, 0.1) is 0 Å². The van der Waals surface area contributed by atoms with Crippen molar-refractivity contribution in [2.75, 3.05) is 0 Å². The molecule has 0 bridgehead atoms. The Labute approximate surface area is 138 Å². The number of carbonyl (C=O) groups is 1. The summed E-state index contributed by atoms with van der Waals surface area (Å²) in [4.78, 5) is 22.7. The third-order valence-electron chi connectivity index (χ3n) is 3.27. The molecule has 3 nitrogen and oxygen atoms in total. The standard InChI is InChI=1S/C16H17O3P.Li.H/c1-11-9-12(2)15(13(3)10-11)16(17)20(18,19)14-7-5-4-6-8-14;;/h4-10H,1-3H3,(H,18,19);;/q;+1;-1. The number of hydrogen-bond donors (Lipinski definition) is 1. The minimum Gasteiger partial charge on any atom is -1.00 e. The van der Waals surface area contributed by atoms with Crippen LogP contribution in [0.15, 0.2) is 42.5 Å². The summed E-state index contributed by atoms with van der Waals surface area (Å²) in [7, 11) is -4.07. The largest absolute Gasteiger partial charge is 1.00 e. The van der Waals surface area contributed by atoms with Gasteiger partial charge < -0.3 is 6.32 Å². The van der Waals surface area contributed by atoms with Gasteiger partial charge in [0, 0.05) is 10.9 Å². The van der Waals surface area contributed by atoms with Gasteiger partial charge in [-0.1, -0.05) is 35.9 Å². The fraction of sp³-hybridized carbons (Fsp3) is 0.188. The first-order valence-corrected chi connectivity index (χ1v) is 8.01. The molecule has 1 unspecified atom stereocenters. The van der Waals surface area contributed by atoms with E-state index in [2.05, 4.69) is 0 Å². The number of rotatable bonds is 3. The molecular formula is C16H18LiO3P. The van der Waals surface area contributed by atoms with Crippen molar-refractivity contribution < 1.29 is 34.5 Å². The molecule has 0 saturated heterocycles. The van der Waals surface area contributed by atoms with Crippen LogP contribution < -0.4 is 24.2 Å². The number of carbonyl (C=O) groups excluding carboxylic acids is 1. The van der Waals surface area contributed by atoms with Crippen molar-refractivity contribution in [3.8, 4) is 0 Å². The van der Waals surface area contributed by atoms with Gasteiger partial charge in [0.25, 0.3) is 12.9 Å². The number of benzene rings is 2. The number of hydrogen-bond acceptors (Lipinski definition) is 2. The van der Waals surface area contributed by atoms with Crippen molar-refractivity contribution >= 4 is 18.2 Å². The van der Waals surface area contributed by atoms with E-state index in [1.54, 1.807) is 32.0 Å². The van der Waals surface area contributed by atoms with Crippen molar-refractivity contribution in [3.63, 3.8) is 0 Å². The van der Waals surface area contributed by atoms with Crippen LogP contribution in [0.4, 0.5) is 0 Å². The minimum absolute atomic E-state index is 0. The van der Waals surface area contributed by atoms with E-state index in [-0.39, 0.29) is 25.6 Å². The normalized spacial score (nSPS) is 13.1. The van der Waals surface area contributed by atoms with E-state index < -0.39 is 12.9 Å². The topological polar surface area (TPSA) is 54.4 Å². The average Bonchev–Trinajstić information content (AvgIpc) is 2.38. The maximum atomic E-state index is 12.5. The van der Waals surface area contributed by atoms with Crippen LogP contribution in [0.1, 0.15) is 28.5 Å². The smallest absolute Gasteiger partial charge is 1.00 e. The van der Waals surface area contributed by atoms with Gasteiger partial charge in [-0.05, 0) is 44.0 Å². The third-order valence-corrected chi connectivity index (χ3v) is 5.04. The quantitative estimate of drug-likeness (QED) is 0.661. The molecule has 0 saturated carbocycles. The maximum Gasteiger partial charge on any atom is 1.00 e. The Kier molecular flexibility index (Phi) is 5.79. The molecule has 0 aromatic heterocycles. The Morgan fingerprint density at radius 1 is 1.05 bits per heavy atom. The Morgan fingerprint density at radius 2 is 1.52 bits per heavy atom. The van der Waals surface area contributed by atoms with Crippen LogP contribution in [0.2, 0.25) is 0 Å². The molecule has 0 fully saturated rings. The molecule has 21 heavy (non-hydrogen) atoms. The van der Waals surface area contributed by atoms with Crippen LogP contribution in [-0.2, 0) is 4.57 Å². The maximum absolute atomic E-state index is 12.5. The molecule has 1 atom stereocenters. The molecule has 2 aromatic carbocycles. The molecular weight excluding hydrogens is 278 g/mol. The third kappa shape index (κ3) is 3.57. The summed E-state index contributed by atoms with van der Waals surface area (Å²) in [6.45, 7) is 5.51. The Bertz CT molecular complexity index is 694. The molecule has 2 rings (SSSR count). The second kappa shape index (κ2) is 6.77. The predicted octanol–water partition coefficient (Wildman–Crippen LogP) is 0.464. The van der Waals surface area contributed by atoms with Crippen LogP contribution in [0.25, 0.3) is 0 Å². The summed E-state index contributed by atoms with van der Waals surface area (Å²) in [5.74, 6) is 0. The van der Waals surface area contributed by atoms with E-state index in [0.29, 0.717) is 5.56 Å². The second-order valence-corrected chi connectivity index (χ2v) is 7.07. The van der Waals surface area contributed by atoms with Gasteiger partial charge in [-0.3, -0.25) is 9.36 Å². The first kappa shape index (κ1) is 17.9. The first-order valence-electron chi connectivity index (χ1n) is 6.35. The van der Waals surface area contributed by atoms with Gasteiger partial charge in [0.2, 0.25) is 0 Å². The van der Waals surface area contributed by atoms with Gasteiger partial charge in [0.1, 0.15) is 0 Å². The zero-order valence-corrected chi connectivity index (χ0v) is 13.6. The van der Waals surface area contributed by atoms with Crippen molar-refractivity contribution in [2.24, 2.45) is 0 Å². The molecule has 0 aliphatic carbocycles. The molecule has 0 aliphatic heterocycles. The Morgan fingerprint density at radius 3 is 2.00 bits per heavy atom. The Balaban J connectivity index is 0.00000220. The van der Waals surface area contributed by atoms with E-state index in [0.717, 1.165) is 16.7 Å². The SMILES string of the molecule is Cc1cc(C)c(C(=O)P(=O)(O)c2ccccc2)c(C)c1.[H-].[Li+]. The molecule has 0 radical (unpaired) electrons. The van der Waals surface area contributed by atoms with Gasteiger partial charge in [-0.25, -0.2) is 0 Å². The molecule has 1 N–H and O–H groups in total. The average molecular weight is 296 g/mol. The summed E-state index contributed by atoms with van der Waals surface area (Å²) in [6, 6.07) is 11.8. The van der Waals surface area contributed by atoms with Crippen molar-refractivity contribution in [1.82, 2.24) is 0 Å². The number of aryl methyl sites for hydroxylation is 3. The molecule has 0 aliphatic rings. The molecule has 0 amide bonds. The summed E-state index contributed by atoms with van der Waals surface area (Å²) < 4.78 is 12.5. The Hall–Kier alpha value is -1.10. The zero-order valence-electron chi connectivity index (χ0n) is 13.8. The van der Waals surface area contributed by atoms with Crippen LogP contribution in [-0.4, -0.2) is 10.4 Å². The van der Waals surface area contributed by atoms with Crippen LogP contribution in [0, 0.1) is 20.8 Å². The summed E-state index contributed by atoms with van der Waals surface area (Å²) in [5, 5.41) is 0.171. The summed E-state index contributed by atoms with van der Waals surface area (Å²) in [6.07, 6.45) is 0. The van der Waals surface area contributed by atoms with E-state index in [4.69, 9.17) is 0 Å². The molecule has 0 spiro atoms.